The van der Waals surface area contributed by atoms with E-state index < -0.39 is 17.8 Å². The molecule has 2 heterocycles. The van der Waals surface area contributed by atoms with Gasteiger partial charge in [-0.1, -0.05) is 18.5 Å². The van der Waals surface area contributed by atoms with Gasteiger partial charge in [0, 0.05) is 24.5 Å². The van der Waals surface area contributed by atoms with Crippen molar-refractivity contribution in [1.29, 1.82) is 0 Å². The summed E-state index contributed by atoms with van der Waals surface area (Å²) in [5.41, 5.74) is 1.67. The molecule has 0 bridgehead atoms. The lowest BCUT2D eigenvalue weighted by Crippen LogP contribution is -2.20. The monoisotopic (exact) mass is 527 g/mol. The fourth-order valence-corrected chi connectivity index (χ4v) is 3.64. The second-order valence-electron chi connectivity index (χ2n) is 7.92. The number of aryl methyl sites for hydroxylation is 2. The van der Waals surface area contributed by atoms with E-state index in [9.17, 15) is 18.0 Å². The minimum Gasteiger partial charge on any atom is -0.438 e. The number of aromatic nitrogens is 3. The maximum Gasteiger partial charge on any atom is 0.416 e. The summed E-state index contributed by atoms with van der Waals surface area (Å²) in [5.74, 6) is 1.58. The number of rotatable bonds is 6. The van der Waals surface area contributed by atoms with Crippen molar-refractivity contribution < 1.29 is 22.7 Å². The molecule has 2 aromatic heterocycles. The zero-order valence-electron chi connectivity index (χ0n) is 19.7. The second-order valence-corrected chi connectivity index (χ2v) is 8.33. The number of halogens is 4. The summed E-state index contributed by atoms with van der Waals surface area (Å²) in [5, 5.41) is 4.84. The van der Waals surface area contributed by atoms with Gasteiger partial charge in [-0.25, -0.2) is 19.7 Å². The topological polar surface area (TPSA) is 89.0 Å². The molecule has 0 aliphatic carbocycles. The molecule has 0 radical (unpaired) electrons. The highest BCUT2D eigenvalue weighted by molar-refractivity contribution is 6.33. The molecule has 11 heteroatoms. The Morgan fingerprint density at radius 3 is 2.54 bits per heavy atom. The number of benzene rings is 2. The molecule has 190 valence electrons. The third kappa shape index (κ3) is 6.34. The lowest BCUT2D eigenvalue weighted by molar-refractivity contribution is -0.137. The van der Waals surface area contributed by atoms with Crippen LogP contribution in [0.5, 0.6) is 11.6 Å². The van der Waals surface area contributed by atoms with E-state index in [2.05, 4.69) is 25.6 Å². The Morgan fingerprint density at radius 2 is 1.84 bits per heavy atom. The summed E-state index contributed by atoms with van der Waals surface area (Å²) in [6.07, 6.45) is -0.541. The van der Waals surface area contributed by atoms with Crippen LogP contribution in [-0.4, -0.2) is 21.0 Å². The van der Waals surface area contributed by atoms with Gasteiger partial charge < -0.3 is 15.4 Å². The molecule has 7 nitrogen and oxygen atoms in total. The smallest absolute Gasteiger partial charge is 0.416 e. The number of pyridine rings is 1. The minimum atomic E-state index is -4.53. The van der Waals surface area contributed by atoms with E-state index in [0.717, 1.165) is 18.2 Å². The number of amides is 2. The third-order valence-corrected chi connectivity index (χ3v) is 5.57. The predicted octanol–water partition coefficient (Wildman–Crippen LogP) is 7.52. The van der Waals surface area contributed by atoms with Crippen molar-refractivity contribution in [3.8, 4) is 22.9 Å². The van der Waals surface area contributed by atoms with Crippen molar-refractivity contribution in [1.82, 2.24) is 15.0 Å². The summed E-state index contributed by atoms with van der Waals surface area (Å²) in [7, 11) is 0. The predicted molar refractivity (Wildman–Crippen MR) is 135 cm³/mol. The van der Waals surface area contributed by atoms with E-state index >= 15 is 0 Å². The highest BCUT2D eigenvalue weighted by atomic mass is 35.5. The van der Waals surface area contributed by atoms with Gasteiger partial charge in [-0.3, -0.25) is 0 Å². The first-order chi connectivity index (χ1) is 17.6. The van der Waals surface area contributed by atoms with Gasteiger partial charge in [-0.15, -0.1) is 0 Å². The quantitative estimate of drug-likeness (QED) is 0.271. The first kappa shape index (κ1) is 25.9. The van der Waals surface area contributed by atoms with E-state index in [0.29, 0.717) is 46.4 Å². The molecule has 0 spiro atoms. The molecule has 0 fully saturated rings. The van der Waals surface area contributed by atoms with Crippen molar-refractivity contribution in [2.75, 3.05) is 10.6 Å². The van der Waals surface area contributed by atoms with Crippen molar-refractivity contribution in [2.45, 2.75) is 26.4 Å². The molecule has 0 aliphatic rings. The third-order valence-electron chi connectivity index (χ3n) is 5.25. The average Bonchev–Trinajstić information content (AvgIpc) is 2.86. The Hall–Kier alpha value is -4.18. The van der Waals surface area contributed by atoms with Crippen LogP contribution in [0.1, 0.15) is 23.9 Å². The lowest BCUT2D eigenvalue weighted by atomic mass is 10.1. The standard InChI is InChI=1S/C26H21ClF3N5O2/c1-3-23-31-12-10-20(34-23)18-5-4-11-32-24(18)37-22-9-7-17(13-15(22)2)33-25(36)35-21-8-6-16(14-19(21)27)26(28,29)30/h4-14H,3H2,1-2H3,(H2,33,35,36). The number of hydrogen-bond acceptors (Lipinski definition) is 5. The largest absolute Gasteiger partial charge is 0.438 e. The molecule has 0 saturated heterocycles. The van der Waals surface area contributed by atoms with Crippen LogP contribution in [0.3, 0.4) is 0 Å². The molecule has 37 heavy (non-hydrogen) atoms. The summed E-state index contributed by atoms with van der Waals surface area (Å²) < 4.78 is 44.5. The average molecular weight is 528 g/mol. The van der Waals surface area contributed by atoms with E-state index in [4.69, 9.17) is 16.3 Å². The van der Waals surface area contributed by atoms with Gasteiger partial charge in [0.15, 0.2) is 0 Å². The highest BCUT2D eigenvalue weighted by Gasteiger charge is 2.31. The zero-order chi connectivity index (χ0) is 26.6. The fourth-order valence-electron chi connectivity index (χ4n) is 3.41. The van der Waals surface area contributed by atoms with Gasteiger partial charge in [0.05, 0.1) is 27.5 Å². The molecule has 4 rings (SSSR count). The summed E-state index contributed by atoms with van der Waals surface area (Å²) in [4.78, 5) is 25.5. The van der Waals surface area contributed by atoms with Gasteiger partial charge >= 0.3 is 12.2 Å². The number of nitrogens with zero attached hydrogens (tertiary/aromatic N) is 3. The van der Waals surface area contributed by atoms with E-state index in [-0.39, 0.29) is 10.7 Å². The zero-order valence-corrected chi connectivity index (χ0v) is 20.5. The molecule has 2 aromatic carbocycles. The van der Waals surface area contributed by atoms with Crippen molar-refractivity contribution in [3.05, 3.63) is 89.0 Å². The maximum absolute atomic E-state index is 12.8. The number of carbonyl (C=O) groups is 1. The van der Waals surface area contributed by atoms with Crippen molar-refractivity contribution in [2.24, 2.45) is 0 Å². The molecule has 0 atom stereocenters. The molecule has 0 saturated carbocycles. The normalized spacial score (nSPS) is 11.2. The van der Waals surface area contributed by atoms with Crippen LogP contribution in [0.4, 0.5) is 29.3 Å². The Balaban J connectivity index is 1.47. The fraction of sp³-hybridized carbons (Fsp3) is 0.154. The van der Waals surface area contributed by atoms with Gasteiger partial charge in [-0.05, 0) is 67.1 Å². The van der Waals surface area contributed by atoms with Crippen LogP contribution in [0.2, 0.25) is 5.02 Å². The molecule has 2 N–H and O–H groups in total. The minimum absolute atomic E-state index is 0.0440. The summed E-state index contributed by atoms with van der Waals surface area (Å²) in [6, 6.07) is 12.4. The molecule has 4 aromatic rings. The number of carbonyl (C=O) groups excluding carboxylic acids is 1. The number of urea groups is 1. The van der Waals surface area contributed by atoms with Crippen molar-refractivity contribution >= 4 is 29.0 Å². The SMILES string of the molecule is CCc1nccc(-c2cccnc2Oc2ccc(NC(=O)Nc3ccc(C(F)(F)F)cc3Cl)cc2C)n1. The number of ether oxygens (including phenoxy) is 1. The van der Waals surface area contributed by atoms with Crippen LogP contribution in [0, 0.1) is 6.92 Å². The highest BCUT2D eigenvalue weighted by Crippen LogP contribution is 2.35. The van der Waals surface area contributed by atoms with Crippen LogP contribution in [-0.2, 0) is 12.6 Å². The molecular weight excluding hydrogens is 507 g/mol. The number of hydrogen-bond donors (Lipinski definition) is 2. The number of anilines is 2. The van der Waals surface area contributed by atoms with Gasteiger partial charge in [0.2, 0.25) is 5.88 Å². The second kappa shape index (κ2) is 10.8. The van der Waals surface area contributed by atoms with Crippen LogP contribution >= 0.6 is 11.6 Å². The molecule has 0 aliphatic heterocycles. The van der Waals surface area contributed by atoms with Crippen molar-refractivity contribution in [3.63, 3.8) is 0 Å². The van der Waals surface area contributed by atoms with E-state index in [1.54, 1.807) is 49.6 Å². The first-order valence-electron chi connectivity index (χ1n) is 11.1. The molecule has 0 unspecified atom stereocenters. The molecular formula is C26H21ClF3N5O2. The van der Waals surface area contributed by atoms with Gasteiger partial charge in [-0.2, -0.15) is 13.2 Å². The van der Waals surface area contributed by atoms with Gasteiger partial charge in [0.1, 0.15) is 11.6 Å². The maximum atomic E-state index is 12.8. The Kier molecular flexibility index (Phi) is 7.58. The number of nitrogens with one attached hydrogen (secondary N) is 2. The Bertz CT molecular complexity index is 1450. The van der Waals surface area contributed by atoms with E-state index in [1.807, 2.05) is 13.0 Å². The lowest BCUT2D eigenvalue weighted by Gasteiger charge is -2.14. The Labute approximate surface area is 215 Å². The van der Waals surface area contributed by atoms with Crippen LogP contribution in [0.25, 0.3) is 11.3 Å². The summed E-state index contributed by atoms with van der Waals surface area (Å²) in [6.45, 7) is 3.77. The number of alkyl halides is 3. The van der Waals surface area contributed by atoms with Gasteiger partial charge in [0.25, 0.3) is 0 Å². The van der Waals surface area contributed by atoms with Crippen LogP contribution < -0.4 is 15.4 Å². The first-order valence-corrected chi connectivity index (χ1v) is 11.5. The molecule has 2 amide bonds. The van der Waals surface area contributed by atoms with E-state index in [1.165, 1.54) is 0 Å². The van der Waals surface area contributed by atoms with Crippen LogP contribution in [0.15, 0.2) is 67.0 Å². The summed E-state index contributed by atoms with van der Waals surface area (Å²) >= 11 is 5.91. The Morgan fingerprint density at radius 1 is 1.03 bits per heavy atom.